The summed E-state index contributed by atoms with van der Waals surface area (Å²) in [6.45, 7) is 6.46. The van der Waals surface area contributed by atoms with Crippen LogP contribution in [-0.4, -0.2) is 37.2 Å². The molecule has 0 saturated carbocycles. The van der Waals surface area contributed by atoms with Gasteiger partial charge in [0.25, 0.3) is 0 Å². The normalized spacial score (nSPS) is 12.9. The highest BCUT2D eigenvalue weighted by molar-refractivity contribution is 5.71. The summed E-state index contributed by atoms with van der Waals surface area (Å²) in [6.07, 6.45) is 73.5. The highest BCUT2D eigenvalue weighted by Crippen LogP contribution is 2.13. The van der Waals surface area contributed by atoms with Crippen LogP contribution in [0.15, 0.2) is 109 Å². The molecule has 0 heterocycles. The molecule has 380 valence electrons. The summed E-state index contributed by atoms with van der Waals surface area (Å²) < 4.78 is 16.8. The number of esters is 3. The van der Waals surface area contributed by atoms with Crippen molar-refractivity contribution < 1.29 is 28.6 Å². The van der Waals surface area contributed by atoms with Gasteiger partial charge in [-0.3, -0.25) is 14.4 Å². The Balaban J connectivity index is 4.52. The van der Waals surface area contributed by atoms with Crippen LogP contribution in [-0.2, 0) is 28.6 Å². The minimum atomic E-state index is -0.810. The molecule has 0 saturated heterocycles. The number of unbranched alkanes of at least 4 members (excludes halogenated alkanes) is 25. The first kappa shape index (κ1) is 63.1. The van der Waals surface area contributed by atoms with Crippen LogP contribution in [0.4, 0.5) is 0 Å². The van der Waals surface area contributed by atoms with Crippen LogP contribution in [0.2, 0.25) is 0 Å². The molecule has 0 aromatic heterocycles. The van der Waals surface area contributed by atoms with Crippen LogP contribution in [0.5, 0.6) is 0 Å². The average molecular weight is 929 g/mol. The summed E-state index contributed by atoms with van der Waals surface area (Å²) >= 11 is 0. The van der Waals surface area contributed by atoms with Gasteiger partial charge in [-0.05, 0) is 89.9 Å². The largest absolute Gasteiger partial charge is 0.462 e. The number of allylic oxidation sites excluding steroid dienone is 18. The van der Waals surface area contributed by atoms with Crippen LogP contribution in [0.1, 0.15) is 239 Å². The quantitative estimate of drug-likeness (QED) is 0.0262. The molecule has 0 bridgehead atoms. The predicted octanol–water partition coefficient (Wildman–Crippen LogP) is 18.3. The highest BCUT2D eigenvalue weighted by Gasteiger charge is 2.19. The molecule has 0 rings (SSSR count). The summed E-state index contributed by atoms with van der Waals surface area (Å²) in [5.74, 6) is -0.970. The van der Waals surface area contributed by atoms with E-state index >= 15 is 0 Å². The molecule has 0 aliphatic rings. The lowest BCUT2D eigenvalue weighted by Crippen LogP contribution is -2.30. The maximum Gasteiger partial charge on any atom is 0.306 e. The summed E-state index contributed by atoms with van der Waals surface area (Å²) in [6, 6.07) is 0. The third kappa shape index (κ3) is 52.9. The Kier molecular flexibility index (Phi) is 51.5. The van der Waals surface area contributed by atoms with Gasteiger partial charge in [0.2, 0.25) is 0 Å². The Morgan fingerprint density at radius 2 is 0.567 bits per heavy atom. The molecule has 0 aliphatic carbocycles. The number of rotatable bonds is 48. The Hall–Kier alpha value is -3.93. The zero-order chi connectivity index (χ0) is 48.6. The third-order valence-electron chi connectivity index (χ3n) is 11.4. The standard InChI is InChI=1S/C61H100O6/c1-4-7-10-13-16-19-22-25-28-30-31-34-36-39-42-45-48-51-54-60(63)66-57-58(56-65-59(62)53-50-47-44-41-38-35-32-27-24-21-18-15-12-9-6-3)67-61(64)55-52-49-46-43-40-37-33-29-26-23-20-17-14-11-8-5-2/h10,13,16,18-19,21-22,24-25,27-31,33-34,37,40,58H,4-9,11-12,14-15,17,20,23,26,32,35-36,38-39,41-57H2,1-3H3/b13-10-,19-16-,21-18-,25-22-,27-24-,30-28-,33-29-,34-31-,40-37-. The molecule has 0 aromatic carbocycles. The molecule has 1 unspecified atom stereocenters. The van der Waals surface area contributed by atoms with Gasteiger partial charge in [-0.15, -0.1) is 0 Å². The van der Waals surface area contributed by atoms with E-state index in [4.69, 9.17) is 14.2 Å². The first-order valence-electron chi connectivity index (χ1n) is 27.5. The third-order valence-corrected chi connectivity index (χ3v) is 11.4. The van der Waals surface area contributed by atoms with Crippen LogP contribution >= 0.6 is 0 Å². The SMILES string of the molecule is CCC\C=C/C=C\C=C/C=C\C=C/CCCCCCCC(=O)OCC(COC(=O)CCCCCCCC/C=C\C=C/CCCCC)OC(=O)CCCCC/C=C\C=C/CCCCCCCCC. The van der Waals surface area contributed by atoms with E-state index in [-0.39, 0.29) is 37.5 Å². The van der Waals surface area contributed by atoms with Gasteiger partial charge in [-0.25, -0.2) is 0 Å². The second kappa shape index (κ2) is 54.7. The molecular weight excluding hydrogens is 829 g/mol. The molecule has 0 aliphatic heterocycles. The fourth-order valence-corrected chi connectivity index (χ4v) is 7.22. The fraction of sp³-hybridized carbons (Fsp3) is 0.656. The highest BCUT2D eigenvalue weighted by atomic mass is 16.6. The molecular formula is C61H100O6. The first-order chi connectivity index (χ1) is 33.0. The molecule has 0 radical (unpaired) electrons. The van der Waals surface area contributed by atoms with Gasteiger partial charge in [0.05, 0.1) is 0 Å². The van der Waals surface area contributed by atoms with E-state index in [0.29, 0.717) is 12.8 Å². The minimum absolute atomic E-state index is 0.105. The monoisotopic (exact) mass is 929 g/mol. The smallest absolute Gasteiger partial charge is 0.306 e. The number of carbonyl (C=O) groups is 3. The van der Waals surface area contributed by atoms with Crippen molar-refractivity contribution in [3.8, 4) is 0 Å². The van der Waals surface area contributed by atoms with Crippen molar-refractivity contribution in [2.24, 2.45) is 0 Å². The van der Waals surface area contributed by atoms with Crippen molar-refractivity contribution in [3.05, 3.63) is 109 Å². The predicted molar refractivity (Wildman–Crippen MR) is 288 cm³/mol. The fourth-order valence-electron chi connectivity index (χ4n) is 7.22. The van der Waals surface area contributed by atoms with Crippen molar-refractivity contribution in [1.82, 2.24) is 0 Å². The maximum absolute atomic E-state index is 12.8. The summed E-state index contributed by atoms with van der Waals surface area (Å²) in [5, 5.41) is 0. The average Bonchev–Trinajstić information content (AvgIpc) is 3.33. The molecule has 0 N–H and O–H groups in total. The lowest BCUT2D eigenvalue weighted by atomic mass is 10.1. The Bertz CT molecular complexity index is 1390. The van der Waals surface area contributed by atoms with E-state index < -0.39 is 6.10 Å². The number of hydrogen-bond acceptors (Lipinski definition) is 6. The summed E-state index contributed by atoms with van der Waals surface area (Å²) in [4.78, 5) is 38.1. The van der Waals surface area contributed by atoms with Crippen LogP contribution in [0.3, 0.4) is 0 Å². The van der Waals surface area contributed by atoms with Gasteiger partial charge in [0.15, 0.2) is 6.10 Å². The van der Waals surface area contributed by atoms with Crippen molar-refractivity contribution in [2.75, 3.05) is 13.2 Å². The number of carbonyl (C=O) groups excluding carboxylic acids is 3. The summed E-state index contributed by atoms with van der Waals surface area (Å²) in [5.41, 5.74) is 0. The summed E-state index contributed by atoms with van der Waals surface area (Å²) in [7, 11) is 0. The van der Waals surface area contributed by atoms with Gasteiger partial charge in [-0.1, -0.05) is 239 Å². The van der Waals surface area contributed by atoms with E-state index in [9.17, 15) is 14.4 Å². The zero-order valence-electron chi connectivity index (χ0n) is 43.4. The van der Waals surface area contributed by atoms with Crippen molar-refractivity contribution in [2.45, 2.75) is 245 Å². The lowest BCUT2D eigenvalue weighted by Gasteiger charge is -2.18. The van der Waals surface area contributed by atoms with Crippen LogP contribution in [0.25, 0.3) is 0 Å². The van der Waals surface area contributed by atoms with Gasteiger partial charge in [-0.2, -0.15) is 0 Å². The van der Waals surface area contributed by atoms with Crippen LogP contribution < -0.4 is 0 Å². The van der Waals surface area contributed by atoms with Crippen molar-refractivity contribution >= 4 is 17.9 Å². The molecule has 0 amide bonds. The van der Waals surface area contributed by atoms with E-state index in [1.165, 1.54) is 89.9 Å². The Morgan fingerprint density at radius 3 is 0.955 bits per heavy atom. The maximum atomic E-state index is 12.8. The topological polar surface area (TPSA) is 78.9 Å². The van der Waals surface area contributed by atoms with E-state index in [1.807, 2.05) is 24.3 Å². The van der Waals surface area contributed by atoms with Gasteiger partial charge < -0.3 is 14.2 Å². The molecule has 6 nitrogen and oxygen atoms in total. The van der Waals surface area contributed by atoms with Gasteiger partial charge in [0.1, 0.15) is 13.2 Å². The molecule has 0 spiro atoms. The van der Waals surface area contributed by atoms with E-state index in [1.54, 1.807) is 0 Å². The second-order valence-electron chi connectivity index (χ2n) is 18.0. The van der Waals surface area contributed by atoms with Gasteiger partial charge in [0, 0.05) is 19.3 Å². The molecule has 67 heavy (non-hydrogen) atoms. The molecule has 1 atom stereocenters. The Labute approximate surface area is 412 Å². The van der Waals surface area contributed by atoms with Crippen molar-refractivity contribution in [3.63, 3.8) is 0 Å². The lowest BCUT2D eigenvalue weighted by molar-refractivity contribution is -0.167. The van der Waals surface area contributed by atoms with E-state index in [0.717, 1.165) is 109 Å². The number of hydrogen-bond donors (Lipinski definition) is 0. The first-order valence-corrected chi connectivity index (χ1v) is 27.5. The minimum Gasteiger partial charge on any atom is -0.462 e. The van der Waals surface area contributed by atoms with E-state index in [2.05, 4.69) is 106 Å². The number of ether oxygens (including phenoxy) is 3. The molecule has 0 fully saturated rings. The van der Waals surface area contributed by atoms with Gasteiger partial charge >= 0.3 is 17.9 Å². The zero-order valence-corrected chi connectivity index (χ0v) is 43.4. The van der Waals surface area contributed by atoms with Crippen molar-refractivity contribution in [1.29, 1.82) is 0 Å². The molecule has 6 heteroatoms. The molecule has 0 aromatic rings. The van der Waals surface area contributed by atoms with Crippen LogP contribution in [0, 0.1) is 0 Å². The Morgan fingerprint density at radius 1 is 0.299 bits per heavy atom. The second-order valence-corrected chi connectivity index (χ2v) is 18.0.